The fraction of sp³-hybridized carbons (Fsp3) is 0.500. The summed E-state index contributed by atoms with van der Waals surface area (Å²) in [7, 11) is 1.58. The van der Waals surface area contributed by atoms with Crippen molar-refractivity contribution >= 4 is 17.0 Å². The molecule has 3 aromatic rings. The van der Waals surface area contributed by atoms with Gasteiger partial charge in [-0.2, -0.15) is 0 Å². The Bertz CT molecular complexity index is 1370. The zero-order valence-electron chi connectivity index (χ0n) is 22.4. The first-order valence-corrected chi connectivity index (χ1v) is 13.5. The summed E-state index contributed by atoms with van der Waals surface area (Å²) in [6.45, 7) is 6.18. The number of fused-ring (bicyclic) bond motifs is 2. The quantitative estimate of drug-likeness (QED) is 0.413. The molecule has 11 heteroatoms. The van der Waals surface area contributed by atoms with Crippen molar-refractivity contribution in [3.63, 3.8) is 0 Å². The summed E-state index contributed by atoms with van der Waals surface area (Å²) in [6.07, 6.45) is 5.46. The van der Waals surface area contributed by atoms with E-state index in [0.29, 0.717) is 56.5 Å². The van der Waals surface area contributed by atoms with Gasteiger partial charge in [0.1, 0.15) is 25.0 Å². The number of carboxylic acids is 1. The number of piperidine rings is 1. The Kier molecular flexibility index (Phi) is 8.27. The van der Waals surface area contributed by atoms with Crippen LogP contribution in [0.3, 0.4) is 0 Å². The normalized spacial score (nSPS) is 16.9. The molecule has 1 saturated heterocycles. The van der Waals surface area contributed by atoms with Gasteiger partial charge in [0.2, 0.25) is 0 Å². The van der Waals surface area contributed by atoms with E-state index in [2.05, 4.69) is 19.8 Å². The summed E-state index contributed by atoms with van der Waals surface area (Å²) in [4.78, 5) is 38.2. The number of hydrogen-bond acceptors (Lipinski definition) is 9. The van der Waals surface area contributed by atoms with Gasteiger partial charge in [-0.25, -0.2) is 0 Å². The van der Waals surface area contributed by atoms with Crippen LogP contribution in [0.2, 0.25) is 0 Å². The highest BCUT2D eigenvalue weighted by Gasteiger charge is 2.33. The minimum atomic E-state index is -0.822. The predicted molar refractivity (Wildman–Crippen MR) is 145 cm³/mol. The van der Waals surface area contributed by atoms with Crippen LogP contribution >= 0.6 is 0 Å². The number of carboxylic acid groups (broad SMARTS) is 1. The fourth-order valence-corrected chi connectivity index (χ4v) is 5.51. The lowest BCUT2D eigenvalue weighted by Gasteiger charge is -2.41. The van der Waals surface area contributed by atoms with Crippen LogP contribution in [0.25, 0.3) is 11.0 Å². The van der Waals surface area contributed by atoms with E-state index >= 15 is 0 Å². The molecule has 0 aromatic carbocycles. The molecule has 2 aliphatic heterocycles. The average molecular weight is 538 g/mol. The Hall–Kier alpha value is -3.70. The lowest BCUT2D eigenvalue weighted by atomic mass is 9.99. The first-order chi connectivity index (χ1) is 19.0. The number of likely N-dealkylation sites (tertiary alicyclic amines) is 1. The second kappa shape index (κ2) is 12.0. The number of nitrogens with zero attached hydrogens (tertiary/aromatic N) is 5. The number of carbonyl (C=O) groups is 1. The number of rotatable bonds is 10. The molecule has 2 aliphatic rings. The van der Waals surface area contributed by atoms with E-state index in [1.54, 1.807) is 36.2 Å². The molecule has 0 bridgehead atoms. The molecule has 208 valence electrons. The topological polar surface area (TPSA) is 119 Å². The number of ether oxygens (including phenoxy) is 3. The number of pyridine rings is 3. The molecule has 0 saturated carbocycles. The smallest absolute Gasteiger partial charge is 0.320 e. The molecule has 3 aromatic heterocycles. The van der Waals surface area contributed by atoms with Crippen molar-refractivity contribution in [2.45, 2.75) is 51.4 Å². The van der Waals surface area contributed by atoms with E-state index < -0.39 is 12.0 Å². The van der Waals surface area contributed by atoms with Crippen LogP contribution in [0.15, 0.2) is 41.5 Å². The third-order valence-corrected chi connectivity index (χ3v) is 7.62. The molecule has 5 heterocycles. The SMILES string of the molecule is CCC(C(=O)O)N(Cc1cc2c(cn1)OCCO2)C1CCN(CCn2c(=O)ccc3ncc(OC)cc32)CC1. The minimum Gasteiger partial charge on any atom is -0.495 e. The van der Waals surface area contributed by atoms with E-state index in [1.807, 2.05) is 19.1 Å². The van der Waals surface area contributed by atoms with E-state index in [1.165, 1.54) is 0 Å². The summed E-state index contributed by atoms with van der Waals surface area (Å²) >= 11 is 0. The molecular formula is C28H35N5O6. The standard InChI is InChI=1S/C28H35N5O6/c1-3-23(28(35)36)33(18-19-14-25-26(17-29-19)39-13-12-38-25)20-6-8-31(9-7-20)10-11-32-24-15-21(37-2)16-30-22(24)4-5-27(32)34/h4-5,14-17,20,23H,3,6-13,18H2,1-2H3,(H,35,36). The molecular weight excluding hydrogens is 502 g/mol. The van der Waals surface area contributed by atoms with Crippen LogP contribution in [0, 0.1) is 0 Å². The highest BCUT2D eigenvalue weighted by Crippen LogP contribution is 2.31. The van der Waals surface area contributed by atoms with Crippen molar-refractivity contribution in [1.82, 2.24) is 24.3 Å². The van der Waals surface area contributed by atoms with Gasteiger partial charge in [0.05, 0.1) is 36.2 Å². The summed E-state index contributed by atoms with van der Waals surface area (Å²) < 4.78 is 18.3. The van der Waals surface area contributed by atoms with Gasteiger partial charge in [0.25, 0.3) is 5.56 Å². The van der Waals surface area contributed by atoms with Crippen molar-refractivity contribution in [2.24, 2.45) is 0 Å². The minimum absolute atomic E-state index is 0.0715. The first-order valence-electron chi connectivity index (χ1n) is 13.5. The van der Waals surface area contributed by atoms with Crippen LogP contribution in [0.4, 0.5) is 0 Å². The van der Waals surface area contributed by atoms with Crippen LogP contribution in [0.5, 0.6) is 17.2 Å². The van der Waals surface area contributed by atoms with Crippen LogP contribution in [-0.4, -0.2) is 87.5 Å². The molecule has 1 fully saturated rings. The van der Waals surface area contributed by atoms with Gasteiger partial charge in [-0.3, -0.25) is 24.5 Å². The number of aliphatic carboxylic acids is 1. The van der Waals surface area contributed by atoms with Gasteiger partial charge in [0, 0.05) is 43.9 Å². The van der Waals surface area contributed by atoms with E-state index in [9.17, 15) is 14.7 Å². The van der Waals surface area contributed by atoms with Crippen molar-refractivity contribution in [1.29, 1.82) is 0 Å². The Balaban J connectivity index is 1.26. The van der Waals surface area contributed by atoms with Crippen molar-refractivity contribution in [3.05, 3.63) is 52.7 Å². The lowest BCUT2D eigenvalue weighted by molar-refractivity contribution is -0.145. The molecule has 11 nitrogen and oxygen atoms in total. The largest absolute Gasteiger partial charge is 0.495 e. The van der Waals surface area contributed by atoms with Gasteiger partial charge in [0.15, 0.2) is 11.5 Å². The third-order valence-electron chi connectivity index (χ3n) is 7.62. The van der Waals surface area contributed by atoms with Crippen LogP contribution in [-0.2, 0) is 17.9 Å². The van der Waals surface area contributed by atoms with E-state index in [0.717, 1.165) is 42.7 Å². The third kappa shape index (κ3) is 5.99. The highest BCUT2D eigenvalue weighted by atomic mass is 16.6. The summed E-state index contributed by atoms with van der Waals surface area (Å²) in [5.41, 5.74) is 2.19. The molecule has 0 aliphatic carbocycles. The van der Waals surface area contributed by atoms with Crippen LogP contribution < -0.4 is 19.8 Å². The monoisotopic (exact) mass is 537 g/mol. The fourth-order valence-electron chi connectivity index (χ4n) is 5.51. The molecule has 39 heavy (non-hydrogen) atoms. The zero-order chi connectivity index (χ0) is 27.4. The maximum absolute atomic E-state index is 12.7. The number of aromatic nitrogens is 3. The molecule has 1 atom stereocenters. The Morgan fingerprint density at radius 1 is 1.13 bits per heavy atom. The molecule has 1 unspecified atom stereocenters. The Morgan fingerprint density at radius 3 is 2.62 bits per heavy atom. The Labute approximate surface area is 226 Å². The van der Waals surface area contributed by atoms with Gasteiger partial charge in [-0.05, 0) is 38.4 Å². The van der Waals surface area contributed by atoms with Crippen molar-refractivity contribution in [2.75, 3.05) is 40.0 Å². The molecule has 0 spiro atoms. The van der Waals surface area contributed by atoms with Gasteiger partial charge in [-0.15, -0.1) is 0 Å². The summed E-state index contributed by atoms with van der Waals surface area (Å²) in [6, 6.07) is 6.48. The summed E-state index contributed by atoms with van der Waals surface area (Å²) in [5.74, 6) is 1.06. The average Bonchev–Trinajstić information content (AvgIpc) is 2.96. The predicted octanol–water partition coefficient (Wildman–Crippen LogP) is 2.40. The van der Waals surface area contributed by atoms with Gasteiger partial charge >= 0.3 is 5.97 Å². The molecule has 0 amide bonds. The first kappa shape index (κ1) is 26.9. The van der Waals surface area contributed by atoms with Crippen LogP contribution in [0.1, 0.15) is 31.9 Å². The summed E-state index contributed by atoms with van der Waals surface area (Å²) in [5, 5.41) is 9.99. The Morgan fingerprint density at radius 2 is 1.90 bits per heavy atom. The number of methoxy groups -OCH3 is 1. The second-order valence-corrected chi connectivity index (χ2v) is 9.93. The number of hydrogen-bond donors (Lipinski definition) is 1. The van der Waals surface area contributed by atoms with E-state index in [4.69, 9.17) is 14.2 Å². The maximum Gasteiger partial charge on any atom is 0.320 e. The van der Waals surface area contributed by atoms with Crippen molar-refractivity contribution in [3.8, 4) is 17.2 Å². The molecule has 1 N–H and O–H groups in total. The van der Waals surface area contributed by atoms with Gasteiger partial charge < -0.3 is 28.8 Å². The second-order valence-electron chi connectivity index (χ2n) is 9.93. The zero-order valence-corrected chi connectivity index (χ0v) is 22.4. The lowest BCUT2D eigenvalue weighted by Crippen LogP contribution is -2.51. The highest BCUT2D eigenvalue weighted by molar-refractivity contribution is 5.75. The maximum atomic E-state index is 12.7. The molecule has 5 rings (SSSR count). The van der Waals surface area contributed by atoms with Gasteiger partial charge in [-0.1, -0.05) is 6.92 Å². The molecule has 0 radical (unpaired) electrons. The van der Waals surface area contributed by atoms with Crippen molar-refractivity contribution < 1.29 is 24.1 Å². The van der Waals surface area contributed by atoms with E-state index in [-0.39, 0.29) is 11.6 Å².